The lowest BCUT2D eigenvalue weighted by Gasteiger charge is -2.06. The summed E-state index contributed by atoms with van der Waals surface area (Å²) >= 11 is 1.21. The van der Waals surface area contributed by atoms with Crippen LogP contribution < -0.4 is 4.72 Å². The van der Waals surface area contributed by atoms with Crippen LogP contribution in [0.4, 0.5) is 0 Å². The molecule has 0 saturated carbocycles. The third-order valence-electron chi connectivity index (χ3n) is 3.17. The van der Waals surface area contributed by atoms with Crippen molar-refractivity contribution in [3.8, 4) is 16.6 Å². The molecule has 0 fully saturated rings. The van der Waals surface area contributed by atoms with E-state index >= 15 is 0 Å². The van der Waals surface area contributed by atoms with Gasteiger partial charge < -0.3 is 4.42 Å². The van der Waals surface area contributed by atoms with Gasteiger partial charge in [0, 0.05) is 10.9 Å². The summed E-state index contributed by atoms with van der Waals surface area (Å²) in [5.74, 6) is -1.21. The zero-order chi connectivity index (χ0) is 17.9. The minimum Gasteiger partial charge on any atom is -0.472 e. The van der Waals surface area contributed by atoms with E-state index in [1.807, 2.05) is 10.8 Å². The van der Waals surface area contributed by atoms with E-state index in [9.17, 15) is 13.2 Å². The van der Waals surface area contributed by atoms with Crippen LogP contribution in [0.2, 0.25) is 0 Å². The van der Waals surface area contributed by atoms with Crippen LogP contribution in [0.3, 0.4) is 0 Å². The van der Waals surface area contributed by atoms with E-state index in [2.05, 4.69) is 4.98 Å². The highest BCUT2D eigenvalue weighted by atomic mass is 32.2. The van der Waals surface area contributed by atoms with Crippen molar-refractivity contribution in [2.75, 3.05) is 0 Å². The van der Waals surface area contributed by atoms with Crippen molar-refractivity contribution in [2.45, 2.75) is 5.75 Å². The Hall–Kier alpha value is -2.96. The van der Waals surface area contributed by atoms with Crippen molar-refractivity contribution >= 4 is 27.3 Å². The molecule has 0 saturated heterocycles. The average Bonchev–Trinajstić information content (AvgIpc) is 3.25. The number of hydrogen-bond donors (Lipinski definition) is 1. The van der Waals surface area contributed by atoms with E-state index in [-0.39, 0.29) is 5.69 Å². The number of nitriles is 1. The number of nitrogens with one attached hydrogen (secondary N) is 1. The fraction of sp³-hybridized carbons (Fsp3) is 0.0625. The molecular formula is C16H11N3O4S2. The van der Waals surface area contributed by atoms with E-state index in [1.165, 1.54) is 35.3 Å². The van der Waals surface area contributed by atoms with Gasteiger partial charge in [-0.3, -0.25) is 4.79 Å². The van der Waals surface area contributed by atoms with Gasteiger partial charge in [0.25, 0.3) is 5.91 Å². The van der Waals surface area contributed by atoms with Crippen LogP contribution in [0.25, 0.3) is 10.6 Å². The Kier molecular flexibility index (Phi) is 4.65. The largest absolute Gasteiger partial charge is 0.472 e. The normalized spacial score (nSPS) is 11.0. The summed E-state index contributed by atoms with van der Waals surface area (Å²) < 4.78 is 31.3. The predicted molar refractivity (Wildman–Crippen MR) is 91.1 cm³/mol. The lowest BCUT2D eigenvalue weighted by atomic mass is 10.2. The van der Waals surface area contributed by atoms with Crippen molar-refractivity contribution in [3.63, 3.8) is 0 Å². The van der Waals surface area contributed by atoms with E-state index in [0.717, 1.165) is 0 Å². The standard InChI is InChI=1S/C16H11N3O4S2/c17-7-11-2-1-3-12(6-11)10-25(21,22)19-15(20)14-9-24-16(18-14)13-4-5-23-8-13/h1-6,8-9H,10H2,(H,19,20). The van der Waals surface area contributed by atoms with Crippen LogP contribution in [-0.4, -0.2) is 19.3 Å². The fourth-order valence-corrected chi connectivity index (χ4v) is 3.94. The molecule has 2 aromatic heterocycles. The number of carbonyl (C=O) groups excluding carboxylic acids is 1. The van der Waals surface area contributed by atoms with Gasteiger partial charge in [0.1, 0.15) is 17.0 Å². The SMILES string of the molecule is N#Cc1cccc(CS(=O)(=O)NC(=O)c2csc(-c3ccoc3)n2)c1. The molecule has 1 amide bonds. The number of benzene rings is 1. The van der Waals surface area contributed by atoms with E-state index in [4.69, 9.17) is 9.68 Å². The van der Waals surface area contributed by atoms with Crippen LogP contribution in [-0.2, 0) is 15.8 Å². The van der Waals surface area contributed by atoms with Crippen LogP contribution in [0.5, 0.6) is 0 Å². The summed E-state index contributed by atoms with van der Waals surface area (Å²) in [5, 5.41) is 10.9. The molecule has 9 heteroatoms. The highest BCUT2D eigenvalue weighted by molar-refractivity contribution is 7.89. The van der Waals surface area contributed by atoms with Crippen LogP contribution in [0.1, 0.15) is 21.6 Å². The number of furan rings is 1. The summed E-state index contributed by atoms with van der Waals surface area (Å²) in [6.45, 7) is 0. The molecule has 0 unspecified atom stereocenters. The lowest BCUT2D eigenvalue weighted by Crippen LogP contribution is -2.31. The lowest BCUT2D eigenvalue weighted by molar-refractivity contribution is 0.0977. The molecule has 3 rings (SSSR count). The molecule has 1 N–H and O–H groups in total. The first-order valence-corrected chi connectivity index (χ1v) is 9.52. The first-order valence-electron chi connectivity index (χ1n) is 6.99. The number of amides is 1. The minimum atomic E-state index is -3.91. The monoisotopic (exact) mass is 373 g/mol. The number of sulfonamides is 1. The molecule has 0 aliphatic rings. The molecule has 3 aromatic rings. The highest BCUT2D eigenvalue weighted by Gasteiger charge is 2.19. The average molecular weight is 373 g/mol. The maximum absolute atomic E-state index is 12.2. The summed E-state index contributed by atoms with van der Waals surface area (Å²) in [6.07, 6.45) is 2.97. The molecule has 0 spiro atoms. The van der Waals surface area contributed by atoms with Crippen molar-refractivity contribution in [1.82, 2.24) is 9.71 Å². The number of aromatic nitrogens is 1. The van der Waals surface area contributed by atoms with Crippen molar-refractivity contribution in [2.24, 2.45) is 0 Å². The van der Waals surface area contributed by atoms with Gasteiger partial charge >= 0.3 is 0 Å². The maximum Gasteiger partial charge on any atom is 0.284 e. The van der Waals surface area contributed by atoms with Gasteiger partial charge in [-0.1, -0.05) is 12.1 Å². The van der Waals surface area contributed by atoms with Crippen molar-refractivity contribution < 1.29 is 17.6 Å². The van der Waals surface area contributed by atoms with Crippen LogP contribution >= 0.6 is 11.3 Å². The van der Waals surface area contributed by atoms with Gasteiger partial charge in [0.15, 0.2) is 0 Å². The highest BCUT2D eigenvalue weighted by Crippen LogP contribution is 2.24. The Morgan fingerprint density at radius 1 is 1.36 bits per heavy atom. The Morgan fingerprint density at radius 3 is 2.92 bits per heavy atom. The third kappa shape index (κ3) is 4.12. The molecule has 0 aliphatic carbocycles. The van der Waals surface area contributed by atoms with E-state index in [1.54, 1.807) is 24.3 Å². The summed E-state index contributed by atoms with van der Waals surface area (Å²) in [7, 11) is -3.91. The minimum absolute atomic E-state index is 0.00977. The summed E-state index contributed by atoms with van der Waals surface area (Å²) in [5.41, 5.74) is 1.48. The van der Waals surface area contributed by atoms with Gasteiger partial charge in [0.2, 0.25) is 10.0 Å². The first-order chi connectivity index (χ1) is 12.0. The van der Waals surface area contributed by atoms with Gasteiger partial charge in [-0.05, 0) is 23.8 Å². The Balaban J connectivity index is 1.72. The van der Waals surface area contributed by atoms with Crippen molar-refractivity contribution in [1.29, 1.82) is 5.26 Å². The number of hydrogen-bond acceptors (Lipinski definition) is 7. The molecule has 126 valence electrons. The number of carbonyl (C=O) groups is 1. The fourth-order valence-electron chi connectivity index (χ4n) is 2.08. The molecule has 0 aliphatic heterocycles. The second-order valence-corrected chi connectivity index (χ2v) is 7.63. The van der Waals surface area contributed by atoms with Crippen molar-refractivity contribution in [3.05, 3.63) is 65.1 Å². The number of thiazole rings is 1. The van der Waals surface area contributed by atoms with Gasteiger partial charge in [0.05, 0.1) is 23.6 Å². The van der Waals surface area contributed by atoms with E-state index < -0.39 is 21.7 Å². The molecule has 0 atom stereocenters. The molecule has 2 heterocycles. The molecular weight excluding hydrogens is 362 g/mol. The summed E-state index contributed by atoms with van der Waals surface area (Å²) in [6, 6.07) is 9.82. The van der Waals surface area contributed by atoms with E-state index in [0.29, 0.717) is 21.7 Å². The third-order valence-corrected chi connectivity index (χ3v) is 5.27. The second-order valence-electron chi connectivity index (χ2n) is 5.05. The number of nitrogens with zero attached hydrogens (tertiary/aromatic N) is 2. The second kappa shape index (κ2) is 6.88. The Morgan fingerprint density at radius 2 is 2.20 bits per heavy atom. The van der Waals surface area contributed by atoms with Gasteiger partial charge in [-0.15, -0.1) is 11.3 Å². The molecule has 1 aromatic carbocycles. The zero-order valence-corrected chi connectivity index (χ0v) is 14.3. The predicted octanol–water partition coefficient (Wildman–Crippen LogP) is 2.53. The molecule has 0 bridgehead atoms. The summed E-state index contributed by atoms with van der Waals surface area (Å²) in [4.78, 5) is 16.2. The van der Waals surface area contributed by atoms with Crippen LogP contribution in [0, 0.1) is 11.3 Å². The molecule has 0 radical (unpaired) electrons. The molecule has 7 nitrogen and oxygen atoms in total. The Bertz CT molecular complexity index is 1050. The first kappa shape index (κ1) is 16.9. The van der Waals surface area contributed by atoms with Gasteiger partial charge in [-0.2, -0.15) is 5.26 Å². The van der Waals surface area contributed by atoms with Crippen LogP contribution in [0.15, 0.2) is 52.7 Å². The quantitative estimate of drug-likeness (QED) is 0.735. The topological polar surface area (TPSA) is 113 Å². The molecule has 25 heavy (non-hydrogen) atoms. The smallest absolute Gasteiger partial charge is 0.284 e. The number of rotatable bonds is 5. The van der Waals surface area contributed by atoms with Gasteiger partial charge in [-0.25, -0.2) is 18.1 Å². The zero-order valence-electron chi connectivity index (χ0n) is 12.7. The maximum atomic E-state index is 12.2. The Labute approximate surface area is 147 Å².